The van der Waals surface area contributed by atoms with Crippen LogP contribution in [0.2, 0.25) is 0 Å². The molecule has 0 radical (unpaired) electrons. The van der Waals surface area contributed by atoms with Gasteiger partial charge < -0.3 is 10.2 Å². The Balaban J connectivity index is 1.42. The maximum Gasteiger partial charge on any atom is 0.417 e. The lowest BCUT2D eigenvalue weighted by Gasteiger charge is -2.40. The van der Waals surface area contributed by atoms with E-state index in [0.717, 1.165) is 44.4 Å². The molecule has 3 atom stereocenters. The van der Waals surface area contributed by atoms with Crippen LogP contribution >= 0.6 is 11.8 Å². The van der Waals surface area contributed by atoms with Crippen molar-refractivity contribution < 1.29 is 22.0 Å². The molecule has 2 aromatic carbocycles. The number of nitrogens with one attached hydrogen (secondary N) is 1. The highest BCUT2D eigenvalue weighted by Crippen LogP contribution is 2.50. The van der Waals surface area contributed by atoms with Crippen molar-refractivity contribution in [2.45, 2.75) is 61.9 Å². The summed E-state index contributed by atoms with van der Waals surface area (Å²) in [4.78, 5) is 25.3. The van der Waals surface area contributed by atoms with Crippen LogP contribution in [-0.4, -0.2) is 89.0 Å². The van der Waals surface area contributed by atoms with Gasteiger partial charge in [0.2, 0.25) is 0 Å². The quantitative estimate of drug-likeness (QED) is 0.398. The van der Waals surface area contributed by atoms with Gasteiger partial charge in [-0.15, -0.1) is 11.8 Å². The molecule has 4 heterocycles. The predicted molar refractivity (Wildman–Crippen MR) is 161 cm³/mol. The summed E-state index contributed by atoms with van der Waals surface area (Å²) in [5, 5.41) is 3.58. The molecule has 4 aliphatic rings. The molecule has 0 spiro atoms. The zero-order valence-electron chi connectivity index (χ0n) is 24.6. The van der Waals surface area contributed by atoms with Crippen LogP contribution in [-0.2, 0) is 6.18 Å². The standard InChI is InChI=1S/C31H35F5N6OS/c1-17-14-41(18(2)13-37-17)29-23-12-24(31(34,35)36)26(22-6-3-19(32)11-25(22)33)28-27(23)42(30(43)38-29)21(16-44-28)15-39-7-9-40(10-8-39)20-4-5-20/h3,6,11-12,17-18,20-21,37H,4-5,7-10,13-16H2,1-2H3/t17-,18+,21+/m1/s1. The zero-order valence-corrected chi connectivity index (χ0v) is 25.4. The highest BCUT2D eigenvalue weighted by molar-refractivity contribution is 7.99. The van der Waals surface area contributed by atoms with Gasteiger partial charge in [-0.05, 0) is 44.9 Å². The molecule has 3 fully saturated rings. The number of alkyl halides is 3. The highest BCUT2D eigenvalue weighted by Gasteiger charge is 2.41. The summed E-state index contributed by atoms with van der Waals surface area (Å²) in [5.74, 6) is -1.44. The van der Waals surface area contributed by atoms with Crippen LogP contribution in [0, 0.1) is 11.6 Å². The van der Waals surface area contributed by atoms with Crippen LogP contribution in [0.15, 0.2) is 34.0 Å². The number of thioether (sulfide) groups is 1. The molecular weight excluding hydrogens is 599 g/mol. The van der Waals surface area contributed by atoms with Crippen LogP contribution in [0.5, 0.6) is 0 Å². The van der Waals surface area contributed by atoms with E-state index in [2.05, 4.69) is 20.1 Å². The molecule has 0 unspecified atom stereocenters. The first-order valence-corrected chi connectivity index (χ1v) is 16.2. The Hall–Kier alpha value is -2.74. The number of nitrogens with zero attached hydrogens (tertiary/aromatic N) is 5. The van der Waals surface area contributed by atoms with Crippen molar-refractivity contribution in [3.8, 4) is 11.1 Å². The van der Waals surface area contributed by atoms with Gasteiger partial charge in [0.15, 0.2) is 0 Å². The highest BCUT2D eigenvalue weighted by atomic mass is 32.2. The third kappa shape index (κ3) is 5.39. The molecule has 7 rings (SSSR count). The molecule has 3 aromatic rings. The predicted octanol–water partition coefficient (Wildman–Crippen LogP) is 4.97. The summed E-state index contributed by atoms with van der Waals surface area (Å²) in [6.45, 7) is 9.11. The van der Waals surface area contributed by atoms with E-state index in [1.807, 2.05) is 18.7 Å². The van der Waals surface area contributed by atoms with Gasteiger partial charge in [0.25, 0.3) is 0 Å². The molecule has 0 bridgehead atoms. The van der Waals surface area contributed by atoms with Gasteiger partial charge in [0.1, 0.15) is 17.5 Å². The van der Waals surface area contributed by atoms with Crippen molar-refractivity contribution in [3.63, 3.8) is 0 Å². The molecule has 3 aliphatic heterocycles. The van der Waals surface area contributed by atoms with Gasteiger partial charge in [-0.3, -0.25) is 14.4 Å². The van der Waals surface area contributed by atoms with Crippen LogP contribution in [0.4, 0.5) is 27.8 Å². The van der Waals surface area contributed by atoms with E-state index in [1.165, 1.54) is 24.6 Å². The molecule has 1 N–H and O–H groups in total. The summed E-state index contributed by atoms with van der Waals surface area (Å²) in [6.07, 6.45) is -2.37. The van der Waals surface area contributed by atoms with Gasteiger partial charge in [-0.2, -0.15) is 18.2 Å². The SMILES string of the molecule is C[C@@H]1CN(c2nc(=O)n3c4c(c(-c5ccc(F)cc5F)c(C(F)(F)F)cc24)SC[C@@H]3CN2CCN(C3CC3)CC2)[C@@H](C)CN1. The minimum atomic E-state index is -4.85. The average molecular weight is 635 g/mol. The fraction of sp³-hybridized carbons (Fsp3) is 0.548. The number of piperazine rings is 2. The number of halogens is 5. The summed E-state index contributed by atoms with van der Waals surface area (Å²) < 4.78 is 75.2. The average Bonchev–Trinajstić information content (AvgIpc) is 3.82. The molecule has 7 nitrogen and oxygen atoms in total. The first-order valence-electron chi connectivity index (χ1n) is 15.2. The Morgan fingerprint density at radius 3 is 2.50 bits per heavy atom. The van der Waals surface area contributed by atoms with E-state index < -0.39 is 29.1 Å². The fourth-order valence-corrected chi connectivity index (χ4v) is 8.32. The van der Waals surface area contributed by atoms with E-state index >= 15 is 4.39 Å². The number of aromatic nitrogens is 2. The second kappa shape index (κ2) is 11.3. The first-order chi connectivity index (χ1) is 21.0. The van der Waals surface area contributed by atoms with E-state index in [4.69, 9.17) is 0 Å². The second-order valence-electron chi connectivity index (χ2n) is 12.6. The van der Waals surface area contributed by atoms with E-state index in [0.29, 0.717) is 43.0 Å². The lowest BCUT2D eigenvalue weighted by atomic mass is 9.95. The molecule has 236 valence electrons. The Labute approximate surface area is 256 Å². The molecule has 1 aliphatic carbocycles. The van der Waals surface area contributed by atoms with Crippen molar-refractivity contribution in [1.29, 1.82) is 0 Å². The molecule has 1 saturated carbocycles. The van der Waals surface area contributed by atoms with Crippen LogP contribution in [0.1, 0.15) is 38.3 Å². The van der Waals surface area contributed by atoms with Crippen molar-refractivity contribution in [1.82, 2.24) is 24.7 Å². The van der Waals surface area contributed by atoms with Crippen molar-refractivity contribution in [2.75, 3.05) is 56.5 Å². The van der Waals surface area contributed by atoms with Gasteiger partial charge in [0, 0.05) is 97.2 Å². The van der Waals surface area contributed by atoms with Gasteiger partial charge in [0.05, 0.1) is 17.1 Å². The third-order valence-electron chi connectivity index (χ3n) is 9.41. The topological polar surface area (TPSA) is 56.6 Å². The largest absolute Gasteiger partial charge is 0.417 e. The van der Waals surface area contributed by atoms with Crippen LogP contribution in [0.25, 0.3) is 22.0 Å². The fourth-order valence-electron chi connectivity index (χ4n) is 6.99. The second-order valence-corrected chi connectivity index (χ2v) is 13.6. The van der Waals surface area contributed by atoms with Gasteiger partial charge >= 0.3 is 11.9 Å². The molecule has 0 amide bonds. The Morgan fingerprint density at radius 1 is 1.07 bits per heavy atom. The van der Waals surface area contributed by atoms with Crippen molar-refractivity contribution in [2.24, 2.45) is 0 Å². The maximum atomic E-state index is 15.2. The monoisotopic (exact) mass is 634 g/mol. The molecule has 44 heavy (non-hydrogen) atoms. The molecule has 2 saturated heterocycles. The van der Waals surface area contributed by atoms with E-state index in [-0.39, 0.29) is 45.4 Å². The lowest BCUT2D eigenvalue weighted by Crippen LogP contribution is -2.55. The number of rotatable bonds is 5. The first kappa shape index (κ1) is 29.9. The normalized spacial score (nSPS) is 25.2. The molecule has 13 heteroatoms. The van der Waals surface area contributed by atoms with E-state index in [1.54, 1.807) is 4.57 Å². The molecule has 1 aromatic heterocycles. The minimum Gasteiger partial charge on any atom is -0.350 e. The summed E-state index contributed by atoms with van der Waals surface area (Å²) in [7, 11) is 0. The summed E-state index contributed by atoms with van der Waals surface area (Å²) in [5.41, 5.74) is -1.94. The minimum absolute atomic E-state index is 0.0314. The summed E-state index contributed by atoms with van der Waals surface area (Å²) in [6, 6.07) is 3.87. The Morgan fingerprint density at radius 2 is 1.82 bits per heavy atom. The third-order valence-corrected chi connectivity index (χ3v) is 10.6. The Kier molecular flexibility index (Phi) is 7.66. The van der Waals surface area contributed by atoms with Gasteiger partial charge in [-0.1, -0.05) is 0 Å². The van der Waals surface area contributed by atoms with Crippen molar-refractivity contribution in [3.05, 3.63) is 51.9 Å². The number of benzene rings is 2. The van der Waals surface area contributed by atoms with Crippen LogP contribution < -0.4 is 15.9 Å². The van der Waals surface area contributed by atoms with Crippen LogP contribution in [0.3, 0.4) is 0 Å². The number of hydrogen-bond donors (Lipinski definition) is 1. The maximum absolute atomic E-state index is 15.2. The van der Waals surface area contributed by atoms with Crippen molar-refractivity contribution >= 4 is 28.5 Å². The smallest absolute Gasteiger partial charge is 0.350 e. The Bertz CT molecular complexity index is 1650. The number of hydrogen-bond acceptors (Lipinski definition) is 7. The summed E-state index contributed by atoms with van der Waals surface area (Å²) >= 11 is 1.21. The number of anilines is 1. The zero-order chi connectivity index (χ0) is 30.9. The van der Waals surface area contributed by atoms with Gasteiger partial charge in [-0.25, -0.2) is 13.6 Å². The molecular formula is C31H35F5N6OS. The lowest BCUT2D eigenvalue weighted by molar-refractivity contribution is -0.137. The van der Waals surface area contributed by atoms with E-state index in [9.17, 15) is 22.4 Å².